The number of benzene rings is 1. The number of carbonyl (C=O) groups is 1. The highest BCUT2D eigenvalue weighted by atomic mass is 32.2. The van der Waals surface area contributed by atoms with E-state index in [9.17, 15) is 9.00 Å². The van der Waals surface area contributed by atoms with E-state index in [1.165, 1.54) is 0 Å². The molecule has 2 unspecified atom stereocenters. The predicted octanol–water partition coefficient (Wildman–Crippen LogP) is 1.94. The molecule has 0 aromatic heterocycles. The Morgan fingerprint density at radius 2 is 1.95 bits per heavy atom. The van der Waals surface area contributed by atoms with Gasteiger partial charge in [-0.3, -0.25) is 9.00 Å². The van der Waals surface area contributed by atoms with Gasteiger partial charge in [0, 0.05) is 23.7 Å². The first-order chi connectivity index (χ1) is 8.92. The SMILES string of the molecule is CCN(CC)C(=O)C(C)S(=O)c1ccc(N)c(C)c1. The number of nitrogens with two attached hydrogens (primary N) is 1. The smallest absolute Gasteiger partial charge is 0.238 e. The number of rotatable bonds is 5. The zero-order valence-electron chi connectivity index (χ0n) is 12.0. The summed E-state index contributed by atoms with van der Waals surface area (Å²) in [5.74, 6) is -0.0715. The zero-order chi connectivity index (χ0) is 14.6. The summed E-state index contributed by atoms with van der Waals surface area (Å²) in [4.78, 5) is 14.5. The molecule has 0 aliphatic carbocycles. The Labute approximate surface area is 117 Å². The highest BCUT2D eigenvalue weighted by Gasteiger charge is 2.25. The summed E-state index contributed by atoms with van der Waals surface area (Å²) in [6, 6.07) is 5.25. The van der Waals surface area contributed by atoms with Crippen LogP contribution in [0.1, 0.15) is 26.3 Å². The Hall–Kier alpha value is -1.36. The lowest BCUT2D eigenvalue weighted by Gasteiger charge is -2.22. The van der Waals surface area contributed by atoms with Crippen LogP contribution in [-0.2, 0) is 15.6 Å². The van der Waals surface area contributed by atoms with Crippen molar-refractivity contribution in [2.24, 2.45) is 0 Å². The van der Waals surface area contributed by atoms with E-state index in [-0.39, 0.29) is 5.91 Å². The lowest BCUT2D eigenvalue weighted by atomic mass is 10.2. The number of carbonyl (C=O) groups excluding carboxylic acids is 1. The van der Waals surface area contributed by atoms with Gasteiger partial charge in [0.25, 0.3) is 0 Å². The van der Waals surface area contributed by atoms with Gasteiger partial charge in [-0.05, 0) is 51.5 Å². The number of aryl methyl sites for hydroxylation is 1. The van der Waals surface area contributed by atoms with E-state index < -0.39 is 16.0 Å². The van der Waals surface area contributed by atoms with Gasteiger partial charge in [0.05, 0.1) is 10.8 Å². The fourth-order valence-corrected chi connectivity index (χ4v) is 3.10. The number of nitrogen functional groups attached to an aromatic ring is 1. The molecular weight excluding hydrogens is 260 g/mol. The normalized spacial score (nSPS) is 13.9. The molecule has 1 aromatic carbocycles. The average Bonchev–Trinajstić information content (AvgIpc) is 2.41. The molecule has 1 aromatic rings. The van der Waals surface area contributed by atoms with Gasteiger partial charge in [-0.2, -0.15) is 0 Å². The summed E-state index contributed by atoms with van der Waals surface area (Å²) in [6.07, 6.45) is 0. The summed E-state index contributed by atoms with van der Waals surface area (Å²) in [6.45, 7) is 8.69. The molecule has 19 heavy (non-hydrogen) atoms. The lowest BCUT2D eigenvalue weighted by Crippen LogP contribution is -2.39. The fourth-order valence-electron chi connectivity index (χ4n) is 1.86. The summed E-state index contributed by atoms with van der Waals surface area (Å²) >= 11 is 0. The number of anilines is 1. The van der Waals surface area contributed by atoms with Crippen molar-refractivity contribution in [2.75, 3.05) is 18.8 Å². The first kappa shape index (κ1) is 15.7. The van der Waals surface area contributed by atoms with Crippen LogP contribution in [0.4, 0.5) is 5.69 Å². The van der Waals surface area contributed by atoms with Crippen LogP contribution >= 0.6 is 0 Å². The van der Waals surface area contributed by atoms with Crippen molar-refractivity contribution in [3.63, 3.8) is 0 Å². The van der Waals surface area contributed by atoms with Crippen molar-refractivity contribution >= 4 is 22.4 Å². The Balaban J connectivity index is 2.93. The molecule has 0 heterocycles. The molecule has 1 amide bonds. The van der Waals surface area contributed by atoms with Gasteiger partial charge >= 0.3 is 0 Å². The third kappa shape index (κ3) is 3.56. The van der Waals surface area contributed by atoms with Crippen molar-refractivity contribution in [3.8, 4) is 0 Å². The van der Waals surface area contributed by atoms with Crippen LogP contribution < -0.4 is 5.73 Å². The molecule has 2 atom stereocenters. The molecule has 0 saturated carbocycles. The van der Waals surface area contributed by atoms with Crippen LogP contribution in [0.3, 0.4) is 0 Å². The van der Waals surface area contributed by atoms with E-state index in [1.807, 2.05) is 20.8 Å². The molecule has 0 aliphatic rings. The van der Waals surface area contributed by atoms with E-state index in [2.05, 4.69) is 0 Å². The van der Waals surface area contributed by atoms with Crippen molar-refractivity contribution < 1.29 is 9.00 Å². The predicted molar refractivity (Wildman–Crippen MR) is 79.4 cm³/mol. The molecule has 0 fully saturated rings. The van der Waals surface area contributed by atoms with E-state index in [0.717, 1.165) is 5.56 Å². The number of nitrogens with zero attached hydrogens (tertiary/aromatic N) is 1. The minimum atomic E-state index is -1.35. The van der Waals surface area contributed by atoms with Crippen molar-refractivity contribution in [1.29, 1.82) is 0 Å². The van der Waals surface area contributed by atoms with Crippen LogP contribution in [0.25, 0.3) is 0 Å². The molecule has 5 heteroatoms. The molecule has 2 N–H and O–H groups in total. The lowest BCUT2D eigenvalue weighted by molar-refractivity contribution is -0.129. The monoisotopic (exact) mass is 282 g/mol. The Morgan fingerprint density at radius 3 is 2.42 bits per heavy atom. The summed E-state index contributed by atoms with van der Waals surface area (Å²) in [7, 11) is -1.35. The molecule has 0 bridgehead atoms. The Morgan fingerprint density at radius 1 is 1.37 bits per heavy atom. The maximum Gasteiger partial charge on any atom is 0.238 e. The minimum absolute atomic E-state index is 0.0715. The molecule has 0 saturated heterocycles. The Bertz CT molecular complexity index is 484. The summed E-state index contributed by atoms with van der Waals surface area (Å²) in [5, 5.41) is -0.539. The summed E-state index contributed by atoms with van der Waals surface area (Å²) in [5.41, 5.74) is 7.29. The maximum absolute atomic E-state index is 12.4. The number of hydrogen-bond acceptors (Lipinski definition) is 3. The molecular formula is C14H22N2O2S. The highest BCUT2D eigenvalue weighted by Crippen LogP contribution is 2.18. The van der Waals surface area contributed by atoms with Gasteiger partial charge in [0.15, 0.2) is 0 Å². The maximum atomic E-state index is 12.4. The number of amides is 1. The number of hydrogen-bond donors (Lipinski definition) is 1. The van der Waals surface area contributed by atoms with E-state index >= 15 is 0 Å². The van der Waals surface area contributed by atoms with Gasteiger partial charge in [0.1, 0.15) is 5.25 Å². The third-order valence-corrected chi connectivity index (χ3v) is 4.78. The topological polar surface area (TPSA) is 63.4 Å². The van der Waals surface area contributed by atoms with Crippen LogP contribution in [-0.4, -0.2) is 33.4 Å². The average molecular weight is 282 g/mol. The van der Waals surface area contributed by atoms with Crippen LogP contribution in [0.5, 0.6) is 0 Å². The van der Waals surface area contributed by atoms with Gasteiger partial charge in [-0.25, -0.2) is 0 Å². The van der Waals surface area contributed by atoms with Gasteiger partial charge in [0.2, 0.25) is 5.91 Å². The highest BCUT2D eigenvalue weighted by molar-refractivity contribution is 7.86. The first-order valence-electron chi connectivity index (χ1n) is 6.47. The van der Waals surface area contributed by atoms with Crippen LogP contribution in [0, 0.1) is 6.92 Å². The molecule has 0 spiro atoms. The minimum Gasteiger partial charge on any atom is -0.399 e. The standard InChI is InChI=1S/C14H22N2O2S/c1-5-16(6-2)14(17)11(4)19(18)12-7-8-13(15)10(3)9-12/h7-9,11H,5-6,15H2,1-4H3. The van der Waals surface area contributed by atoms with E-state index in [0.29, 0.717) is 23.7 Å². The van der Waals surface area contributed by atoms with Crippen LogP contribution in [0.2, 0.25) is 0 Å². The molecule has 1 rings (SSSR count). The first-order valence-corrected chi connectivity index (χ1v) is 7.69. The van der Waals surface area contributed by atoms with Crippen LogP contribution in [0.15, 0.2) is 23.1 Å². The van der Waals surface area contributed by atoms with E-state index in [4.69, 9.17) is 5.73 Å². The fraction of sp³-hybridized carbons (Fsp3) is 0.500. The second-order valence-electron chi connectivity index (χ2n) is 4.47. The second kappa shape index (κ2) is 6.70. The molecule has 0 radical (unpaired) electrons. The van der Waals surface area contributed by atoms with Crippen molar-refractivity contribution in [2.45, 2.75) is 37.8 Å². The molecule has 4 nitrogen and oxygen atoms in total. The molecule has 0 aliphatic heterocycles. The van der Waals surface area contributed by atoms with Gasteiger partial charge < -0.3 is 10.6 Å². The largest absolute Gasteiger partial charge is 0.399 e. The third-order valence-electron chi connectivity index (χ3n) is 3.22. The van der Waals surface area contributed by atoms with E-state index in [1.54, 1.807) is 30.0 Å². The summed E-state index contributed by atoms with van der Waals surface area (Å²) < 4.78 is 12.4. The van der Waals surface area contributed by atoms with Gasteiger partial charge in [-0.1, -0.05) is 0 Å². The molecule has 106 valence electrons. The van der Waals surface area contributed by atoms with Crippen molar-refractivity contribution in [3.05, 3.63) is 23.8 Å². The quantitative estimate of drug-likeness (QED) is 0.839. The van der Waals surface area contributed by atoms with Crippen molar-refractivity contribution in [1.82, 2.24) is 4.90 Å². The van der Waals surface area contributed by atoms with Gasteiger partial charge in [-0.15, -0.1) is 0 Å². The second-order valence-corrected chi connectivity index (χ2v) is 6.24. The zero-order valence-corrected chi connectivity index (χ0v) is 12.8. The Kier molecular flexibility index (Phi) is 5.54.